The second-order valence-electron chi connectivity index (χ2n) is 8.66. The minimum Gasteiger partial charge on any atom is -0.505 e. The van der Waals surface area contributed by atoms with Gasteiger partial charge in [-0.2, -0.15) is 0 Å². The Bertz CT molecular complexity index is 745. The van der Waals surface area contributed by atoms with Gasteiger partial charge in [-0.15, -0.1) is 0 Å². The van der Waals surface area contributed by atoms with Crippen LogP contribution in [-0.2, 0) is 19.1 Å². The molecule has 0 saturated carbocycles. The Morgan fingerprint density at radius 1 is 1.21 bits per heavy atom. The molecule has 0 heterocycles. The van der Waals surface area contributed by atoms with Crippen molar-refractivity contribution in [1.82, 2.24) is 0 Å². The molecule has 0 amide bonds. The fraction of sp³-hybridized carbons (Fsp3) is 0.542. The molecule has 0 aromatic carbocycles. The van der Waals surface area contributed by atoms with Crippen LogP contribution in [0.4, 0.5) is 0 Å². The minimum atomic E-state index is -0.693. The zero-order chi connectivity index (χ0) is 22.2. The lowest BCUT2D eigenvalue weighted by Gasteiger charge is -2.38. The van der Waals surface area contributed by atoms with Gasteiger partial charge in [-0.1, -0.05) is 24.1 Å². The summed E-state index contributed by atoms with van der Waals surface area (Å²) in [5, 5.41) is 10.2. The summed E-state index contributed by atoms with van der Waals surface area (Å²) in [6.45, 7) is 11.1. The molecule has 5 nitrogen and oxygen atoms in total. The van der Waals surface area contributed by atoms with Crippen molar-refractivity contribution < 1.29 is 24.2 Å². The summed E-state index contributed by atoms with van der Waals surface area (Å²) in [6.07, 6.45) is 10.2. The van der Waals surface area contributed by atoms with Crippen LogP contribution in [0, 0.1) is 17.3 Å². The van der Waals surface area contributed by atoms with Crippen molar-refractivity contribution in [3.63, 3.8) is 0 Å². The van der Waals surface area contributed by atoms with Gasteiger partial charge in [0.1, 0.15) is 5.78 Å². The van der Waals surface area contributed by atoms with Gasteiger partial charge in [0.25, 0.3) is 0 Å². The van der Waals surface area contributed by atoms with Crippen molar-refractivity contribution >= 4 is 17.5 Å². The van der Waals surface area contributed by atoms with Crippen molar-refractivity contribution in [1.29, 1.82) is 0 Å². The molecule has 0 aliphatic heterocycles. The van der Waals surface area contributed by atoms with Gasteiger partial charge in [0.15, 0.2) is 5.76 Å². The molecule has 0 bridgehead atoms. The normalized spacial score (nSPS) is 24.5. The molecule has 29 heavy (non-hydrogen) atoms. The molecular formula is C24H34O5. The number of ether oxygens (including phenoxy) is 1. The maximum atomic E-state index is 12.8. The number of Topliss-reactive ketones (excluding diaryl/α,β-unsaturated/α-hetero) is 2. The Labute approximate surface area is 174 Å². The van der Waals surface area contributed by atoms with Crippen LogP contribution in [0.25, 0.3) is 0 Å². The van der Waals surface area contributed by atoms with Gasteiger partial charge >= 0.3 is 5.97 Å². The van der Waals surface area contributed by atoms with E-state index in [4.69, 9.17) is 4.74 Å². The second kappa shape index (κ2) is 10.9. The lowest BCUT2D eigenvalue weighted by atomic mass is 9.65. The van der Waals surface area contributed by atoms with Gasteiger partial charge in [-0.25, -0.2) is 4.79 Å². The van der Waals surface area contributed by atoms with E-state index in [-0.39, 0.29) is 29.3 Å². The Balaban J connectivity index is 3.27. The van der Waals surface area contributed by atoms with Gasteiger partial charge in [-0.05, 0) is 77.4 Å². The number of ketones is 2. The molecule has 1 aliphatic rings. The smallest absolute Gasteiger partial charge is 0.335 e. The first kappa shape index (κ1) is 24.6. The van der Waals surface area contributed by atoms with Crippen LogP contribution in [-0.4, -0.2) is 22.6 Å². The van der Waals surface area contributed by atoms with Crippen LogP contribution in [0.3, 0.4) is 0 Å². The van der Waals surface area contributed by atoms with Crippen LogP contribution in [0.1, 0.15) is 67.2 Å². The van der Waals surface area contributed by atoms with Crippen molar-refractivity contribution in [3.05, 3.63) is 47.5 Å². The fourth-order valence-electron chi connectivity index (χ4n) is 3.72. The van der Waals surface area contributed by atoms with Gasteiger partial charge in [0.2, 0.25) is 5.78 Å². The fourth-order valence-corrected chi connectivity index (χ4v) is 3.72. The first-order valence-electron chi connectivity index (χ1n) is 10.0. The lowest BCUT2D eigenvalue weighted by Crippen LogP contribution is -2.35. The average Bonchev–Trinajstić information content (AvgIpc) is 2.66. The molecule has 0 aromatic rings. The number of rotatable bonds is 8. The summed E-state index contributed by atoms with van der Waals surface area (Å²) in [4.78, 5) is 36.4. The Morgan fingerprint density at radius 2 is 1.86 bits per heavy atom. The third kappa shape index (κ3) is 7.84. The highest BCUT2D eigenvalue weighted by Gasteiger charge is 2.43. The van der Waals surface area contributed by atoms with Gasteiger partial charge < -0.3 is 14.6 Å². The van der Waals surface area contributed by atoms with E-state index in [0.29, 0.717) is 6.42 Å². The molecule has 160 valence electrons. The molecule has 0 saturated heterocycles. The van der Waals surface area contributed by atoms with Crippen molar-refractivity contribution in [2.45, 2.75) is 67.2 Å². The summed E-state index contributed by atoms with van der Waals surface area (Å²) in [6, 6.07) is 0. The van der Waals surface area contributed by atoms with E-state index in [9.17, 15) is 19.5 Å². The summed E-state index contributed by atoms with van der Waals surface area (Å²) in [5.74, 6) is -2.38. The molecule has 0 spiro atoms. The number of esters is 1. The number of aliphatic hydroxyl groups is 1. The zero-order valence-electron chi connectivity index (χ0n) is 18.5. The summed E-state index contributed by atoms with van der Waals surface area (Å²) in [7, 11) is 0. The van der Waals surface area contributed by atoms with Crippen LogP contribution in [0.5, 0.6) is 0 Å². The third-order valence-electron chi connectivity index (χ3n) is 5.24. The highest BCUT2D eigenvalue weighted by atomic mass is 16.5. The van der Waals surface area contributed by atoms with Crippen LogP contribution in [0.2, 0.25) is 0 Å². The molecule has 3 atom stereocenters. The number of aliphatic hydroxyl groups excluding tert-OH is 1. The molecular weight excluding hydrogens is 368 g/mol. The molecule has 1 rings (SSSR count). The Kier molecular flexibility index (Phi) is 9.28. The summed E-state index contributed by atoms with van der Waals surface area (Å²) >= 11 is 0. The van der Waals surface area contributed by atoms with Crippen molar-refractivity contribution in [2.75, 3.05) is 0 Å². The monoisotopic (exact) mass is 402 g/mol. The first-order valence-corrected chi connectivity index (χ1v) is 10.0. The quantitative estimate of drug-likeness (QED) is 0.255. The average molecular weight is 403 g/mol. The molecule has 1 N–H and O–H groups in total. The van der Waals surface area contributed by atoms with Crippen LogP contribution in [0.15, 0.2) is 47.5 Å². The van der Waals surface area contributed by atoms with Crippen LogP contribution < -0.4 is 0 Å². The SMILES string of the molecule is CC(=O)C[C@@H]1C(=O)C(O)=CC[C@](C)(CCC=C(C)C)[C@@H]1/C=C/OC(=O)C=C(C)C. The summed E-state index contributed by atoms with van der Waals surface area (Å²) in [5.41, 5.74) is 1.65. The van der Waals surface area contributed by atoms with Gasteiger partial charge in [-0.3, -0.25) is 4.79 Å². The Morgan fingerprint density at radius 3 is 2.41 bits per heavy atom. The maximum absolute atomic E-state index is 12.8. The predicted molar refractivity (Wildman–Crippen MR) is 114 cm³/mol. The summed E-state index contributed by atoms with van der Waals surface area (Å²) < 4.78 is 5.16. The molecule has 0 aromatic heterocycles. The second-order valence-corrected chi connectivity index (χ2v) is 8.66. The molecule has 1 aliphatic carbocycles. The number of carbonyl (C=O) groups excluding carboxylic acids is 3. The molecule has 0 radical (unpaired) electrons. The van der Waals surface area contributed by atoms with E-state index in [2.05, 4.69) is 6.08 Å². The number of hydrogen-bond acceptors (Lipinski definition) is 5. The van der Waals surface area contributed by atoms with E-state index < -0.39 is 17.7 Å². The Hall–Kier alpha value is -2.43. The number of carbonyl (C=O) groups is 3. The van der Waals surface area contributed by atoms with Crippen molar-refractivity contribution in [3.8, 4) is 0 Å². The van der Waals surface area contributed by atoms with Crippen LogP contribution >= 0.6 is 0 Å². The molecule has 0 fully saturated rings. The van der Waals surface area contributed by atoms with E-state index in [0.717, 1.165) is 18.4 Å². The van der Waals surface area contributed by atoms with Gasteiger partial charge in [0, 0.05) is 18.4 Å². The van der Waals surface area contributed by atoms with Crippen molar-refractivity contribution in [2.24, 2.45) is 17.3 Å². The van der Waals surface area contributed by atoms with E-state index >= 15 is 0 Å². The largest absolute Gasteiger partial charge is 0.505 e. The predicted octanol–water partition coefficient (Wildman–Crippen LogP) is 5.39. The molecule has 0 unspecified atom stereocenters. The number of hydrogen-bond donors (Lipinski definition) is 1. The standard InChI is InChI=1S/C24H34O5/c1-16(2)8-7-11-24(6)12-9-21(26)23(28)19(15-18(5)25)20(24)10-13-29-22(27)14-17(3)4/h8-10,13-14,19-20,26H,7,11-12,15H2,1-6H3/b13-10+/t19-,20+,24-/m0/s1. The highest BCUT2D eigenvalue weighted by Crippen LogP contribution is 2.46. The number of allylic oxidation sites excluding steroid dienone is 6. The zero-order valence-corrected chi connectivity index (χ0v) is 18.5. The first-order chi connectivity index (χ1) is 13.5. The topological polar surface area (TPSA) is 80.7 Å². The van der Waals surface area contributed by atoms with E-state index in [1.54, 1.807) is 26.0 Å². The van der Waals surface area contributed by atoms with E-state index in [1.807, 2.05) is 20.8 Å². The maximum Gasteiger partial charge on any atom is 0.335 e. The molecule has 5 heteroatoms. The lowest BCUT2D eigenvalue weighted by molar-refractivity contribution is -0.132. The highest BCUT2D eigenvalue weighted by molar-refractivity contribution is 5.98. The minimum absolute atomic E-state index is 0.0336. The van der Waals surface area contributed by atoms with Gasteiger partial charge in [0.05, 0.1) is 6.26 Å². The van der Waals surface area contributed by atoms with E-state index in [1.165, 1.54) is 24.8 Å². The third-order valence-corrected chi connectivity index (χ3v) is 5.24.